The number of carbonyl (C=O) groups is 3. The van der Waals surface area contributed by atoms with E-state index in [4.69, 9.17) is 10.5 Å². The fourth-order valence-corrected chi connectivity index (χ4v) is 3.37. The normalized spacial score (nSPS) is 25.2. The summed E-state index contributed by atoms with van der Waals surface area (Å²) in [5.41, 5.74) is 5.53. The lowest BCUT2D eigenvalue weighted by molar-refractivity contribution is -0.158. The summed E-state index contributed by atoms with van der Waals surface area (Å²) < 4.78 is 5.33. The zero-order chi connectivity index (χ0) is 15.9. The fraction of sp³-hybridized carbons (Fsp3) is 0.615. The van der Waals surface area contributed by atoms with Crippen molar-refractivity contribution in [2.24, 2.45) is 5.73 Å². The third-order valence-corrected chi connectivity index (χ3v) is 4.23. The number of amides is 2. The summed E-state index contributed by atoms with van der Waals surface area (Å²) in [7, 11) is 0. The molecule has 116 valence electrons. The van der Waals surface area contributed by atoms with Crippen LogP contribution >= 0.6 is 11.8 Å². The Balaban J connectivity index is 2.35. The van der Waals surface area contributed by atoms with Crippen molar-refractivity contribution in [1.82, 2.24) is 10.2 Å². The Morgan fingerprint density at radius 2 is 2.05 bits per heavy atom. The van der Waals surface area contributed by atoms with Crippen LogP contribution in [0.25, 0.3) is 0 Å². The van der Waals surface area contributed by atoms with Crippen molar-refractivity contribution in [1.29, 1.82) is 0 Å². The Morgan fingerprint density at radius 3 is 2.57 bits per heavy atom. The predicted octanol–water partition coefficient (Wildman–Crippen LogP) is -0.0818. The molecule has 2 aliphatic heterocycles. The number of thioether (sulfide) groups is 1. The van der Waals surface area contributed by atoms with Crippen LogP contribution in [0.3, 0.4) is 0 Å². The predicted molar refractivity (Wildman–Crippen MR) is 77.8 cm³/mol. The van der Waals surface area contributed by atoms with Gasteiger partial charge < -0.3 is 15.8 Å². The fourth-order valence-electron chi connectivity index (χ4n) is 2.14. The van der Waals surface area contributed by atoms with Crippen LogP contribution in [-0.4, -0.2) is 45.5 Å². The van der Waals surface area contributed by atoms with Gasteiger partial charge in [-0.2, -0.15) is 0 Å². The summed E-state index contributed by atoms with van der Waals surface area (Å²) in [6.45, 7) is 6.56. The van der Waals surface area contributed by atoms with Gasteiger partial charge in [-0.25, -0.2) is 4.79 Å². The van der Waals surface area contributed by atoms with E-state index in [9.17, 15) is 14.4 Å². The molecule has 1 saturated heterocycles. The first-order valence-electron chi connectivity index (χ1n) is 6.56. The van der Waals surface area contributed by atoms with Gasteiger partial charge >= 0.3 is 5.97 Å². The highest BCUT2D eigenvalue weighted by Gasteiger charge is 2.52. The maximum absolute atomic E-state index is 12.4. The van der Waals surface area contributed by atoms with Crippen molar-refractivity contribution in [3.05, 3.63) is 11.4 Å². The third-order valence-electron chi connectivity index (χ3n) is 2.93. The van der Waals surface area contributed by atoms with E-state index < -0.39 is 17.6 Å². The molecule has 2 heterocycles. The maximum atomic E-state index is 12.4. The SMILES string of the molecule is CC(=O)NC1=C(C(=O)OC(C)(C)C)N2C(=O)C(N)[C@@H]2SC1. The molecule has 8 heteroatoms. The van der Waals surface area contributed by atoms with E-state index >= 15 is 0 Å². The largest absolute Gasteiger partial charge is 0.455 e. The lowest BCUT2D eigenvalue weighted by Crippen LogP contribution is -2.69. The van der Waals surface area contributed by atoms with Crippen LogP contribution < -0.4 is 11.1 Å². The molecule has 2 atom stereocenters. The lowest BCUT2D eigenvalue weighted by atomic mass is 10.1. The minimum absolute atomic E-state index is 0.0931. The number of ether oxygens (including phenoxy) is 1. The molecule has 21 heavy (non-hydrogen) atoms. The molecule has 0 aromatic rings. The van der Waals surface area contributed by atoms with E-state index in [0.29, 0.717) is 11.4 Å². The molecule has 1 fully saturated rings. The number of fused-ring (bicyclic) bond motifs is 1. The molecule has 0 spiro atoms. The highest BCUT2D eigenvalue weighted by molar-refractivity contribution is 8.00. The zero-order valence-corrected chi connectivity index (χ0v) is 13.2. The maximum Gasteiger partial charge on any atom is 0.357 e. The van der Waals surface area contributed by atoms with E-state index in [1.165, 1.54) is 23.6 Å². The molecule has 0 aliphatic carbocycles. The quantitative estimate of drug-likeness (QED) is 0.546. The average molecular weight is 313 g/mol. The lowest BCUT2D eigenvalue weighted by Gasteiger charge is -2.48. The van der Waals surface area contributed by atoms with Gasteiger partial charge in [-0.1, -0.05) is 0 Å². The molecule has 7 nitrogen and oxygen atoms in total. The van der Waals surface area contributed by atoms with Crippen LogP contribution in [0.5, 0.6) is 0 Å². The Bertz CT molecular complexity index is 538. The van der Waals surface area contributed by atoms with Gasteiger partial charge in [-0.15, -0.1) is 11.8 Å². The minimum atomic E-state index is -0.693. The average Bonchev–Trinajstić information content (AvgIpc) is 2.34. The van der Waals surface area contributed by atoms with Gasteiger partial charge in [0.15, 0.2) is 5.70 Å². The second-order valence-electron chi connectivity index (χ2n) is 5.95. The standard InChI is InChI=1S/C13H19N3O4S/c1-6(17)15-7-5-21-11-8(14)10(18)16(11)9(7)12(19)20-13(2,3)4/h8,11H,5,14H2,1-4H3,(H,15,17)/t8?,11-/m0/s1. The monoisotopic (exact) mass is 313 g/mol. The number of hydrogen-bond acceptors (Lipinski definition) is 6. The Labute approximate surface area is 127 Å². The molecule has 0 bridgehead atoms. The molecule has 0 radical (unpaired) electrons. The first-order chi connectivity index (χ1) is 9.61. The third kappa shape index (κ3) is 3.06. The van der Waals surface area contributed by atoms with Crippen molar-refractivity contribution >= 4 is 29.5 Å². The van der Waals surface area contributed by atoms with Crippen LogP contribution in [-0.2, 0) is 19.1 Å². The molecule has 1 unspecified atom stereocenters. The van der Waals surface area contributed by atoms with Gasteiger partial charge in [-0.05, 0) is 20.8 Å². The number of β-lactam (4-membered cyclic amide) rings is 1. The van der Waals surface area contributed by atoms with Crippen molar-refractivity contribution in [3.8, 4) is 0 Å². The van der Waals surface area contributed by atoms with E-state index in [2.05, 4.69) is 5.32 Å². The molecule has 0 saturated carbocycles. The van der Waals surface area contributed by atoms with Gasteiger partial charge in [0, 0.05) is 12.7 Å². The number of hydrogen-bond donors (Lipinski definition) is 2. The summed E-state index contributed by atoms with van der Waals surface area (Å²) >= 11 is 1.41. The van der Waals surface area contributed by atoms with Crippen molar-refractivity contribution in [2.45, 2.75) is 44.7 Å². The van der Waals surface area contributed by atoms with Crippen LogP contribution in [0.1, 0.15) is 27.7 Å². The molecule has 3 N–H and O–H groups in total. The van der Waals surface area contributed by atoms with E-state index in [0.717, 1.165) is 0 Å². The van der Waals surface area contributed by atoms with Crippen molar-refractivity contribution in [2.75, 3.05) is 5.75 Å². The molecule has 0 aromatic carbocycles. The highest BCUT2D eigenvalue weighted by atomic mass is 32.2. The van der Waals surface area contributed by atoms with Crippen molar-refractivity contribution in [3.63, 3.8) is 0 Å². The van der Waals surface area contributed by atoms with Crippen LogP contribution in [0, 0.1) is 0 Å². The van der Waals surface area contributed by atoms with E-state index in [1.807, 2.05) is 0 Å². The summed E-state index contributed by atoms with van der Waals surface area (Å²) in [6.07, 6.45) is 0. The molecular weight excluding hydrogens is 294 g/mol. The molecule has 2 aliphatic rings. The van der Waals surface area contributed by atoms with E-state index in [1.54, 1.807) is 20.8 Å². The summed E-state index contributed by atoms with van der Waals surface area (Å²) in [6, 6.07) is -0.619. The van der Waals surface area contributed by atoms with Gasteiger partial charge in [0.1, 0.15) is 17.0 Å². The van der Waals surface area contributed by atoms with Gasteiger partial charge in [0.2, 0.25) is 11.8 Å². The van der Waals surface area contributed by atoms with Gasteiger partial charge in [0.05, 0.1) is 5.70 Å². The second-order valence-corrected chi connectivity index (χ2v) is 7.05. The number of nitrogens with zero attached hydrogens (tertiary/aromatic N) is 1. The minimum Gasteiger partial charge on any atom is -0.455 e. The number of carbonyl (C=O) groups excluding carboxylic acids is 3. The number of nitrogens with one attached hydrogen (secondary N) is 1. The molecule has 2 rings (SSSR count). The number of nitrogens with two attached hydrogens (primary N) is 1. The second kappa shape index (κ2) is 5.34. The van der Waals surface area contributed by atoms with Crippen LogP contribution in [0.4, 0.5) is 0 Å². The van der Waals surface area contributed by atoms with Crippen LogP contribution in [0.2, 0.25) is 0 Å². The molecule has 2 amide bonds. The van der Waals surface area contributed by atoms with Gasteiger partial charge in [0.25, 0.3) is 0 Å². The van der Waals surface area contributed by atoms with Crippen LogP contribution in [0.15, 0.2) is 11.4 Å². The van der Waals surface area contributed by atoms with Gasteiger partial charge in [-0.3, -0.25) is 14.5 Å². The summed E-state index contributed by atoms with van der Waals surface area (Å²) in [5.74, 6) is -0.869. The number of rotatable bonds is 2. The van der Waals surface area contributed by atoms with Crippen molar-refractivity contribution < 1.29 is 19.1 Å². The summed E-state index contributed by atoms with van der Waals surface area (Å²) in [5, 5.41) is 2.32. The van der Waals surface area contributed by atoms with E-state index in [-0.39, 0.29) is 22.9 Å². The highest BCUT2D eigenvalue weighted by Crippen LogP contribution is 2.39. The Kier molecular flexibility index (Phi) is 4.03. The first kappa shape index (κ1) is 15.8. The Hall–Kier alpha value is -1.54. The smallest absolute Gasteiger partial charge is 0.357 e. The molecule has 0 aromatic heterocycles. The Morgan fingerprint density at radius 1 is 1.43 bits per heavy atom. The summed E-state index contributed by atoms with van der Waals surface area (Å²) in [4.78, 5) is 36.9. The topological polar surface area (TPSA) is 102 Å². The molecular formula is C13H19N3O4S. The number of esters is 1. The first-order valence-corrected chi connectivity index (χ1v) is 7.61. The zero-order valence-electron chi connectivity index (χ0n) is 12.4.